The molecule has 6 heteroatoms. The van der Waals surface area contributed by atoms with Crippen molar-refractivity contribution in [2.45, 2.75) is 13.8 Å². The van der Waals surface area contributed by atoms with Gasteiger partial charge in [0.05, 0.1) is 11.4 Å². The summed E-state index contributed by atoms with van der Waals surface area (Å²) in [6.45, 7) is 3.44. The van der Waals surface area contributed by atoms with Gasteiger partial charge in [0.25, 0.3) is 0 Å². The van der Waals surface area contributed by atoms with Gasteiger partial charge in [-0.2, -0.15) is 0 Å². The fourth-order valence-electron chi connectivity index (χ4n) is 2.95. The minimum Gasteiger partial charge on any atom is -0.377 e. The van der Waals surface area contributed by atoms with Crippen molar-refractivity contribution in [1.82, 2.24) is 9.97 Å². The second-order valence-electron chi connectivity index (χ2n) is 6.75. The van der Waals surface area contributed by atoms with Crippen LogP contribution < -0.4 is 10.2 Å². The molecule has 2 heterocycles. The van der Waals surface area contributed by atoms with Crippen molar-refractivity contribution in [2.24, 2.45) is 0 Å². The number of ketones is 1. The molecule has 0 saturated carbocycles. The molecule has 28 heavy (non-hydrogen) atoms. The average Bonchev–Trinajstić information content (AvgIpc) is 2.67. The predicted octanol–water partition coefficient (Wildman–Crippen LogP) is 4.46. The van der Waals surface area contributed by atoms with Crippen molar-refractivity contribution in [3.05, 3.63) is 65.5 Å². The third-order valence-electron chi connectivity index (χ3n) is 4.34. The van der Waals surface area contributed by atoms with Gasteiger partial charge in [-0.1, -0.05) is 12.1 Å². The Morgan fingerprint density at radius 1 is 1.11 bits per heavy atom. The van der Waals surface area contributed by atoms with E-state index in [0.717, 1.165) is 28.2 Å². The third-order valence-corrected chi connectivity index (χ3v) is 4.34. The van der Waals surface area contributed by atoms with Gasteiger partial charge in [0.1, 0.15) is 11.5 Å². The summed E-state index contributed by atoms with van der Waals surface area (Å²) >= 11 is 0. The number of aryl methyl sites for hydroxylation is 1. The first-order valence-electron chi connectivity index (χ1n) is 8.94. The molecule has 0 aliphatic rings. The highest BCUT2D eigenvalue weighted by atomic mass is 16.1. The van der Waals surface area contributed by atoms with Crippen LogP contribution in [0.3, 0.4) is 0 Å². The fraction of sp³-hybridized carbons (Fsp3) is 0.182. The Kier molecular flexibility index (Phi) is 5.49. The smallest absolute Gasteiger partial charge is 0.178 e. The summed E-state index contributed by atoms with van der Waals surface area (Å²) in [4.78, 5) is 22.7. The van der Waals surface area contributed by atoms with E-state index >= 15 is 0 Å². The second-order valence-corrected chi connectivity index (χ2v) is 6.75. The molecule has 0 atom stereocenters. The number of pyridine rings is 2. The van der Waals surface area contributed by atoms with E-state index in [2.05, 4.69) is 15.3 Å². The van der Waals surface area contributed by atoms with Gasteiger partial charge < -0.3 is 15.6 Å². The van der Waals surface area contributed by atoms with Crippen molar-refractivity contribution < 1.29 is 4.79 Å². The van der Waals surface area contributed by atoms with E-state index in [4.69, 9.17) is 5.41 Å². The first-order valence-corrected chi connectivity index (χ1v) is 8.94. The third kappa shape index (κ3) is 4.06. The van der Waals surface area contributed by atoms with E-state index in [-0.39, 0.29) is 5.78 Å². The molecule has 0 aliphatic carbocycles. The van der Waals surface area contributed by atoms with Crippen molar-refractivity contribution in [2.75, 3.05) is 24.3 Å². The minimum absolute atomic E-state index is 0.0758. The molecule has 3 aromatic rings. The van der Waals surface area contributed by atoms with E-state index in [0.29, 0.717) is 17.2 Å². The minimum atomic E-state index is -0.0758. The zero-order valence-electron chi connectivity index (χ0n) is 16.4. The predicted molar refractivity (Wildman–Crippen MR) is 114 cm³/mol. The highest BCUT2D eigenvalue weighted by Gasteiger charge is 2.14. The Balaban J connectivity index is 2.16. The van der Waals surface area contributed by atoms with E-state index in [1.165, 1.54) is 13.1 Å². The topological polar surface area (TPSA) is 82.0 Å². The molecule has 0 spiro atoms. The molecule has 6 nitrogen and oxygen atoms in total. The number of Topliss-reactive ketones (excluding diaryl/α,β-unsaturated/α-hetero) is 1. The number of nitrogens with zero attached hydrogens (tertiary/aromatic N) is 3. The quantitative estimate of drug-likeness (QED) is 0.492. The molecular formula is C22H23N5O. The average molecular weight is 373 g/mol. The number of carbonyl (C=O) groups is 1. The van der Waals surface area contributed by atoms with Crippen LogP contribution in [0.4, 0.5) is 17.2 Å². The lowest BCUT2D eigenvalue weighted by atomic mass is 10.0. The van der Waals surface area contributed by atoms with Crippen LogP contribution in [-0.4, -0.2) is 36.1 Å². The lowest BCUT2D eigenvalue weighted by Crippen LogP contribution is -2.13. The van der Waals surface area contributed by atoms with Crippen LogP contribution in [0.25, 0.3) is 11.3 Å². The molecular weight excluding hydrogens is 350 g/mol. The number of hydrogen-bond donors (Lipinski definition) is 2. The van der Waals surface area contributed by atoms with E-state index in [1.807, 2.05) is 68.4 Å². The van der Waals surface area contributed by atoms with Gasteiger partial charge in [0, 0.05) is 49.7 Å². The molecule has 0 unspecified atom stereocenters. The van der Waals surface area contributed by atoms with Crippen LogP contribution in [0.2, 0.25) is 0 Å². The Hall–Kier alpha value is -3.54. The van der Waals surface area contributed by atoms with Crippen molar-refractivity contribution in [3.8, 4) is 11.3 Å². The SMILES string of the molecule is CC(=O)c1cccc(-c2cc(Nc3cccc(C)n3)c(C=N)c(N(C)C)c2)n1. The van der Waals surface area contributed by atoms with Crippen LogP contribution >= 0.6 is 0 Å². The maximum atomic E-state index is 11.7. The number of rotatable bonds is 6. The molecule has 3 rings (SSSR count). The monoisotopic (exact) mass is 373 g/mol. The summed E-state index contributed by atoms with van der Waals surface area (Å²) in [5, 5.41) is 11.2. The summed E-state index contributed by atoms with van der Waals surface area (Å²) in [7, 11) is 3.86. The van der Waals surface area contributed by atoms with E-state index in [9.17, 15) is 4.79 Å². The van der Waals surface area contributed by atoms with E-state index < -0.39 is 0 Å². The molecule has 142 valence electrons. The van der Waals surface area contributed by atoms with Gasteiger partial charge in [0.2, 0.25) is 0 Å². The lowest BCUT2D eigenvalue weighted by Gasteiger charge is -2.21. The number of benzene rings is 1. The summed E-state index contributed by atoms with van der Waals surface area (Å²) < 4.78 is 0. The van der Waals surface area contributed by atoms with Crippen LogP contribution in [0, 0.1) is 12.3 Å². The standard InChI is InChI=1S/C22H23N5O/c1-14-7-5-10-22(24-14)26-20-11-16(12-21(27(3)4)17(20)13-23)19-9-6-8-18(25-19)15(2)28/h5-13,23H,1-4H3,(H,24,26). The molecule has 0 aliphatic heterocycles. The molecule has 0 saturated heterocycles. The highest BCUT2D eigenvalue weighted by Crippen LogP contribution is 2.33. The Morgan fingerprint density at radius 3 is 2.50 bits per heavy atom. The summed E-state index contributed by atoms with van der Waals surface area (Å²) in [6.07, 6.45) is 1.33. The summed E-state index contributed by atoms with van der Waals surface area (Å²) in [6, 6.07) is 15.1. The van der Waals surface area contributed by atoms with Gasteiger partial charge in [0.15, 0.2) is 5.78 Å². The Bertz CT molecular complexity index is 1040. The zero-order valence-corrected chi connectivity index (χ0v) is 16.4. The van der Waals surface area contributed by atoms with Gasteiger partial charge in [-0.05, 0) is 43.3 Å². The van der Waals surface area contributed by atoms with Crippen LogP contribution in [0.15, 0.2) is 48.5 Å². The summed E-state index contributed by atoms with van der Waals surface area (Å²) in [5.74, 6) is 0.628. The maximum Gasteiger partial charge on any atom is 0.178 e. The van der Waals surface area contributed by atoms with Crippen molar-refractivity contribution in [3.63, 3.8) is 0 Å². The maximum absolute atomic E-state index is 11.7. The molecule has 2 aromatic heterocycles. The lowest BCUT2D eigenvalue weighted by molar-refractivity contribution is 0.101. The molecule has 0 amide bonds. The van der Waals surface area contributed by atoms with Gasteiger partial charge in [-0.25, -0.2) is 9.97 Å². The number of hydrogen-bond acceptors (Lipinski definition) is 6. The van der Waals surface area contributed by atoms with Crippen molar-refractivity contribution in [1.29, 1.82) is 5.41 Å². The Labute approximate surface area is 164 Å². The summed E-state index contributed by atoms with van der Waals surface area (Å²) in [5.41, 5.74) is 5.26. The largest absolute Gasteiger partial charge is 0.377 e. The molecule has 2 N–H and O–H groups in total. The van der Waals surface area contributed by atoms with Crippen LogP contribution in [-0.2, 0) is 0 Å². The normalized spacial score (nSPS) is 10.4. The molecule has 0 fully saturated rings. The highest BCUT2D eigenvalue weighted by molar-refractivity contribution is 5.97. The molecule has 1 aromatic carbocycles. The van der Waals surface area contributed by atoms with Gasteiger partial charge in [-0.15, -0.1) is 0 Å². The molecule has 0 radical (unpaired) electrons. The fourth-order valence-corrected chi connectivity index (χ4v) is 2.95. The number of anilines is 3. The second kappa shape index (κ2) is 8.00. The Morgan fingerprint density at radius 2 is 1.86 bits per heavy atom. The van der Waals surface area contributed by atoms with Gasteiger partial charge >= 0.3 is 0 Å². The first kappa shape index (κ1) is 19.2. The van der Waals surface area contributed by atoms with Crippen molar-refractivity contribution >= 4 is 29.2 Å². The van der Waals surface area contributed by atoms with Crippen LogP contribution in [0.1, 0.15) is 28.7 Å². The first-order chi connectivity index (χ1) is 13.4. The van der Waals surface area contributed by atoms with Gasteiger partial charge in [-0.3, -0.25) is 4.79 Å². The van der Waals surface area contributed by atoms with E-state index in [1.54, 1.807) is 6.07 Å². The number of carbonyl (C=O) groups excluding carboxylic acids is 1. The van der Waals surface area contributed by atoms with Crippen LogP contribution in [0.5, 0.6) is 0 Å². The number of aromatic nitrogens is 2. The number of nitrogens with one attached hydrogen (secondary N) is 2. The molecule has 0 bridgehead atoms. The zero-order chi connectivity index (χ0) is 20.3.